The average molecular weight is 278 g/mol. The highest BCUT2D eigenvalue weighted by molar-refractivity contribution is 5.22. The van der Waals surface area contributed by atoms with Crippen molar-refractivity contribution in [3.8, 4) is 0 Å². The van der Waals surface area contributed by atoms with Gasteiger partial charge in [-0.1, -0.05) is 63.3 Å². The molecule has 0 saturated carbocycles. The SMILES string of the molecule is CCCCCCCCc1ccc(CCC([NH3+])CO)cc1. The van der Waals surface area contributed by atoms with Gasteiger partial charge in [-0.05, 0) is 30.4 Å². The van der Waals surface area contributed by atoms with Crippen LogP contribution in [0.1, 0.15) is 63.0 Å². The van der Waals surface area contributed by atoms with Crippen LogP contribution in [0.2, 0.25) is 0 Å². The zero-order valence-corrected chi connectivity index (χ0v) is 13.1. The molecule has 0 saturated heterocycles. The predicted molar refractivity (Wildman–Crippen MR) is 85.6 cm³/mol. The standard InChI is InChI=1S/C18H31NO/c1-2-3-4-5-6-7-8-16-9-11-17(12-10-16)13-14-18(19)15-20/h9-12,18,20H,2-8,13-15,19H2,1H3/p+1. The van der Waals surface area contributed by atoms with Crippen LogP contribution in [-0.2, 0) is 12.8 Å². The summed E-state index contributed by atoms with van der Waals surface area (Å²) in [6.07, 6.45) is 11.4. The van der Waals surface area contributed by atoms with Gasteiger partial charge in [0.15, 0.2) is 0 Å². The Kier molecular flexibility index (Phi) is 9.35. The lowest BCUT2D eigenvalue weighted by atomic mass is 10.0. The lowest BCUT2D eigenvalue weighted by molar-refractivity contribution is -0.426. The van der Waals surface area contributed by atoms with E-state index in [1.807, 2.05) is 0 Å². The third-order valence-corrected chi connectivity index (χ3v) is 3.94. The van der Waals surface area contributed by atoms with Crippen LogP contribution < -0.4 is 5.73 Å². The van der Waals surface area contributed by atoms with Crippen LogP contribution in [-0.4, -0.2) is 17.8 Å². The highest BCUT2D eigenvalue weighted by Crippen LogP contribution is 2.12. The first-order valence-corrected chi connectivity index (χ1v) is 8.28. The molecule has 1 atom stereocenters. The number of aliphatic hydroxyl groups is 1. The largest absolute Gasteiger partial charge is 0.390 e. The molecule has 1 aromatic rings. The van der Waals surface area contributed by atoms with Crippen molar-refractivity contribution >= 4 is 0 Å². The van der Waals surface area contributed by atoms with Gasteiger partial charge in [0.2, 0.25) is 0 Å². The summed E-state index contributed by atoms with van der Waals surface area (Å²) in [5.74, 6) is 0. The quantitative estimate of drug-likeness (QED) is 0.600. The molecule has 0 spiro atoms. The maximum Gasteiger partial charge on any atom is 0.108 e. The summed E-state index contributed by atoms with van der Waals surface area (Å²) in [5.41, 5.74) is 6.73. The number of aliphatic hydroxyl groups excluding tert-OH is 1. The van der Waals surface area contributed by atoms with Gasteiger partial charge in [0.1, 0.15) is 6.04 Å². The molecular weight excluding hydrogens is 246 g/mol. The number of quaternary nitrogens is 1. The second-order valence-electron chi connectivity index (χ2n) is 5.92. The van der Waals surface area contributed by atoms with Crippen molar-refractivity contribution in [3.05, 3.63) is 35.4 Å². The Labute approximate surface area is 124 Å². The molecule has 1 aromatic carbocycles. The van der Waals surface area contributed by atoms with Gasteiger partial charge in [-0.15, -0.1) is 0 Å². The molecule has 0 radical (unpaired) electrons. The van der Waals surface area contributed by atoms with E-state index in [9.17, 15) is 0 Å². The fourth-order valence-electron chi connectivity index (χ4n) is 2.44. The summed E-state index contributed by atoms with van der Waals surface area (Å²) < 4.78 is 0. The third kappa shape index (κ3) is 7.66. The zero-order chi connectivity index (χ0) is 14.6. The van der Waals surface area contributed by atoms with Gasteiger partial charge < -0.3 is 10.8 Å². The third-order valence-electron chi connectivity index (χ3n) is 3.94. The number of hydrogen-bond donors (Lipinski definition) is 2. The molecule has 0 aromatic heterocycles. The summed E-state index contributed by atoms with van der Waals surface area (Å²) in [4.78, 5) is 0. The van der Waals surface area contributed by atoms with E-state index >= 15 is 0 Å². The zero-order valence-electron chi connectivity index (χ0n) is 13.1. The molecule has 1 unspecified atom stereocenters. The average Bonchev–Trinajstić information content (AvgIpc) is 2.49. The lowest BCUT2D eigenvalue weighted by Gasteiger charge is -2.06. The van der Waals surface area contributed by atoms with Crippen LogP contribution in [0.4, 0.5) is 0 Å². The van der Waals surface area contributed by atoms with Gasteiger partial charge in [0.25, 0.3) is 0 Å². The molecule has 4 N–H and O–H groups in total. The first kappa shape index (κ1) is 17.2. The maximum absolute atomic E-state index is 8.97. The molecule has 0 heterocycles. The number of unbranched alkanes of at least 4 members (excludes halogenated alkanes) is 5. The second-order valence-corrected chi connectivity index (χ2v) is 5.92. The number of rotatable bonds is 11. The normalized spacial score (nSPS) is 12.6. The molecule has 0 aliphatic rings. The van der Waals surface area contributed by atoms with E-state index in [0.717, 1.165) is 12.8 Å². The van der Waals surface area contributed by atoms with Crippen molar-refractivity contribution in [1.29, 1.82) is 0 Å². The van der Waals surface area contributed by atoms with Crippen LogP contribution in [0.15, 0.2) is 24.3 Å². The smallest absolute Gasteiger partial charge is 0.108 e. The first-order valence-electron chi connectivity index (χ1n) is 8.28. The molecule has 1 rings (SSSR count). The van der Waals surface area contributed by atoms with Crippen molar-refractivity contribution in [1.82, 2.24) is 0 Å². The second kappa shape index (κ2) is 10.9. The van der Waals surface area contributed by atoms with Gasteiger partial charge in [0, 0.05) is 6.42 Å². The van der Waals surface area contributed by atoms with Crippen molar-refractivity contribution in [2.75, 3.05) is 6.61 Å². The van der Waals surface area contributed by atoms with Crippen LogP contribution in [0.5, 0.6) is 0 Å². The monoisotopic (exact) mass is 278 g/mol. The van der Waals surface area contributed by atoms with Crippen molar-refractivity contribution in [2.24, 2.45) is 0 Å². The first-order chi connectivity index (χ1) is 9.76. The Morgan fingerprint density at radius 2 is 1.45 bits per heavy atom. The Morgan fingerprint density at radius 1 is 0.900 bits per heavy atom. The van der Waals surface area contributed by atoms with Gasteiger partial charge in [0.05, 0.1) is 6.61 Å². The van der Waals surface area contributed by atoms with Crippen LogP contribution in [0.25, 0.3) is 0 Å². The Bertz CT molecular complexity index is 334. The van der Waals surface area contributed by atoms with E-state index < -0.39 is 0 Å². The summed E-state index contributed by atoms with van der Waals surface area (Å²) >= 11 is 0. The fraction of sp³-hybridized carbons (Fsp3) is 0.667. The summed E-state index contributed by atoms with van der Waals surface area (Å²) in [6, 6.07) is 9.15. The Balaban J connectivity index is 2.18. The van der Waals surface area contributed by atoms with E-state index in [2.05, 4.69) is 36.9 Å². The van der Waals surface area contributed by atoms with E-state index in [1.54, 1.807) is 0 Å². The number of hydrogen-bond acceptors (Lipinski definition) is 1. The minimum atomic E-state index is 0.165. The van der Waals surface area contributed by atoms with E-state index in [0.29, 0.717) is 0 Å². The molecule has 114 valence electrons. The molecule has 20 heavy (non-hydrogen) atoms. The topological polar surface area (TPSA) is 47.9 Å². The van der Waals surface area contributed by atoms with E-state index in [1.165, 1.54) is 56.1 Å². The highest BCUT2D eigenvalue weighted by Gasteiger charge is 2.04. The van der Waals surface area contributed by atoms with Gasteiger partial charge in [-0.2, -0.15) is 0 Å². The highest BCUT2D eigenvalue weighted by atomic mass is 16.3. The minimum absolute atomic E-state index is 0.165. The Morgan fingerprint density at radius 3 is 2.05 bits per heavy atom. The minimum Gasteiger partial charge on any atom is -0.390 e. The molecule has 2 heteroatoms. The van der Waals surface area contributed by atoms with Gasteiger partial charge in [-0.3, -0.25) is 0 Å². The van der Waals surface area contributed by atoms with Gasteiger partial charge >= 0.3 is 0 Å². The molecule has 0 bridgehead atoms. The fourth-order valence-corrected chi connectivity index (χ4v) is 2.44. The van der Waals surface area contributed by atoms with Crippen LogP contribution in [0, 0.1) is 0 Å². The maximum atomic E-state index is 8.97. The predicted octanol–water partition coefficient (Wildman–Crippen LogP) is 3.13. The molecular formula is C18H32NO+. The molecule has 0 fully saturated rings. The summed E-state index contributed by atoms with van der Waals surface area (Å²) in [6.45, 7) is 2.45. The van der Waals surface area contributed by atoms with Gasteiger partial charge in [-0.25, -0.2) is 0 Å². The molecule has 0 amide bonds. The van der Waals surface area contributed by atoms with E-state index in [4.69, 9.17) is 5.11 Å². The van der Waals surface area contributed by atoms with Crippen molar-refractivity contribution < 1.29 is 10.8 Å². The van der Waals surface area contributed by atoms with Crippen LogP contribution >= 0.6 is 0 Å². The van der Waals surface area contributed by atoms with Crippen molar-refractivity contribution in [3.63, 3.8) is 0 Å². The summed E-state index contributed by atoms with van der Waals surface area (Å²) in [5, 5.41) is 8.97. The van der Waals surface area contributed by atoms with Crippen molar-refractivity contribution in [2.45, 2.75) is 70.8 Å². The summed E-state index contributed by atoms with van der Waals surface area (Å²) in [7, 11) is 0. The number of aryl methyl sites for hydroxylation is 2. The lowest BCUT2D eigenvalue weighted by Crippen LogP contribution is -2.62. The molecule has 0 aliphatic heterocycles. The number of benzene rings is 1. The van der Waals surface area contributed by atoms with Crippen LogP contribution in [0.3, 0.4) is 0 Å². The van der Waals surface area contributed by atoms with E-state index in [-0.39, 0.29) is 12.6 Å². The molecule has 2 nitrogen and oxygen atoms in total. The molecule has 0 aliphatic carbocycles. The Hall–Kier alpha value is -0.860.